The van der Waals surface area contributed by atoms with E-state index in [-0.39, 0.29) is 23.9 Å². The van der Waals surface area contributed by atoms with E-state index in [2.05, 4.69) is 15.0 Å². The third-order valence-corrected chi connectivity index (χ3v) is 8.08. The lowest BCUT2D eigenvalue weighted by Crippen LogP contribution is -2.40. The summed E-state index contributed by atoms with van der Waals surface area (Å²) < 4.78 is 22.2. The maximum Gasteiger partial charge on any atom is 0.258 e. The Balaban J connectivity index is 1.30. The van der Waals surface area contributed by atoms with Crippen LogP contribution < -0.4 is 4.74 Å². The molecule has 1 aliphatic heterocycles. The molecule has 1 atom stereocenters. The van der Waals surface area contributed by atoms with E-state index in [1.165, 1.54) is 18.2 Å². The number of aliphatic hydroxyl groups excluding tert-OH is 1. The van der Waals surface area contributed by atoms with Crippen molar-refractivity contribution in [2.24, 2.45) is 0 Å². The average molecular weight is 530 g/mol. The number of aryl methyl sites for hydroxylation is 2. The van der Waals surface area contributed by atoms with E-state index >= 15 is 0 Å². The van der Waals surface area contributed by atoms with Gasteiger partial charge in [-0.25, -0.2) is 13.9 Å². The van der Waals surface area contributed by atoms with Gasteiger partial charge in [0, 0.05) is 24.2 Å². The van der Waals surface area contributed by atoms with Crippen LogP contribution in [0.4, 0.5) is 4.39 Å². The fourth-order valence-corrected chi connectivity index (χ4v) is 5.67. The number of likely N-dealkylation sites (N-methyl/N-ethyl adjacent to an activating group) is 1. The van der Waals surface area contributed by atoms with Crippen LogP contribution in [-0.4, -0.2) is 67.3 Å². The second-order valence-electron chi connectivity index (χ2n) is 10.4. The zero-order valence-electron chi connectivity index (χ0n) is 21.7. The summed E-state index contributed by atoms with van der Waals surface area (Å²) in [6, 6.07) is 4.48. The van der Waals surface area contributed by atoms with Gasteiger partial charge in [-0.15, -0.1) is 0 Å². The highest BCUT2D eigenvalue weighted by atomic mass is 35.5. The van der Waals surface area contributed by atoms with Gasteiger partial charge in [0.1, 0.15) is 11.6 Å². The Morgan fingerprint density at radius 2 is 2.00 bits per heavy atom. The molecule has 1 aromatic carbocycles. The SMILES string of the molecule is Cc1nc2c3c(nn2c(C)c1Cl)CN(C(=O)c1ccc(F)cc1OC1CCC(N(C)CC(C)O)CC1)C3. The normalized spacial score (nSPS) is 20.5. The number of halogens is 2. The summed E-state index contributed by atoms with van der Waals surface area (Å²) in [5, 5.41) is 14.9. The second kappa shape index (κ2) is 10.2. The van der Waals surface area contributed by atoms with E-state index in [1.807, 2.05) is 20.9 Å². The van der Waals surface area contributed by atoms with Crippen molar-refractivity contribution in [3.63, 3.8) is 0 Å². The zero-order valence-corrected chi connectivity index (χ0v) is 22.4. The first-order valence-corrected chi connectivity index (χ1v) is 13.2. The molecular formula is C27H33ClFN5O3. The molecule has 2 aliphatic rings. The second-order valence-corrected chi connectivity index (χ2v) is 10.8. The van der Waals surface area contributed by atoms with Gasteiger partial charge in [0.15, 0.2) is 5.65 Å². The summed E-state index contributed by atoms with van der Waals surface area (Å²) >= 11 is 6.35. The number of fused-ring (bicyclic) bond motifs is 3. The molecule has 0 radical (unpaired) electrons. The number of nitrogens with zero attached hydrogens (tertiary/aromatic N) is 5. The number of aromatic nitrogens is 3. The van der Waals surface area contributed by atoms with Crippen LogP contribution in [0.3, 0.4) is 0 Å². The molecule has 0 bridgehead atoms. The predicted molar refractivity (Wildman–Crippen MR) is 138 cm³/mol. The molecule has 37 heavy (non-hydrogen) atoms. The number of carbonyl (C=O) groups is 1. The molecule has 1 fully saturated rings. The van der Waals surface area contributed by atoms with Crippen molar-refractivity contribution < 1.29 is 19.0 Å². The molecule has 0 saturated heterocycles. The van der Waals surface area contributed by atoms with Crippen molar-refractivity contribution in [2.75, 3.05) is 13.6 Å². The number of amides is 1. The highest BCUT2D eigenvalue weighted by Gasteiger charge is 2.33. The molecule has 1 unspecified atom stereocenters. The Morgan fingerprint density at radius 3 is 2.70 bits per heavy atom. The highest BCUT2D eigenvalue weighted by molar-refractivity contribution is 6.31. The molecule has 1 N–H and O–H groups in total. The fraction of sp³-hybridized carbons (Fsp3) is 0.519. The molecule has 0 spiro atoms. The van der Waals surface area contributed by atoms with Crippen molar-refractivity contribution in [2.45, 2.75) is 77.8 Å². The van der Waals surface area contributed by atoms with Crippen LogP contribution in [0.2, 0.25) is 5.02 Å². The third kappa shape index (κ3) is 5.04. The summed E-state index contributed by atoms with van der Waals surface area (Å²) in [4.78, 5) is 22.1. The van der Waals surface area contributed by atoms with Gasteiger partial charge in [-0.3, -0.25) is 4.79 Å². The Morgan fingerprint density at radius 1 is 1.27 bits per heavy atom. The number of carbonyl (C=O) groups excluding carboxylic acids is 1. The van der Waals surface area contributed by atoms with Crippen LogP contribution in [0.25, 0.3) is 5.65 Å². The minimum absolute atomic E-state index is 0.0931. The minimum Gasteiger partial charge on any atom is -0.489 e. The molecule has 8 nitrogen and oxygen atoms in total. The molecular weight excluding hydrogens is 497 g/mol. The number of hydrogen-bond donors (Lipinski definition) is 1. The largest absolute Gasteiger partial charge is 0.489 e. The molecule has 1 amide bonds. The summed E-state index contributed by atoms with van der Waals surface area (Å²) in [7, 11) is 2.03. The van der Waals surface area contributed by atoms with Gasteiger partial charge >= 0.3 is 0 Å². The highest BCUT2D eigenvalue weighted by Crippen LogP contribution is 2.33. The van der Waals surface area contributed by atoms with Gasteiger partial charge in [-0.2, -0.15) is 5.10 Å². The van der Waals surface area contributed by atoms with Gasteiger partial charge in [0.2, 0.25) is 0 Å². The monoisotopic (exact) mass is 529 g/mol. The maximum absolute atomic E-state index is 14.2. The zero-order chi connectivity index (χ0) is 26.4. The molecule has 1 aliphatic carbocycles. The van der Waals surface area contributed by atoms with Crippen LogP contribution in [-0.2, 0) is 13.1 Å². The smallest absolute Gasteiger partial charge is 0.258 e. The molecule has 10 heteroatoms. The summed E-state index contributed by atoms with van der Waals surface area (Å²) in [5.41, 5.74) is 4.28. The first-order valence-electron chi connectivity index (χ1n) is 12.8. The lowest BCUT2D eigenvalue weighted by Gasteiger charge is -2.35. The molecule has 3 heterocycles. The lowest BCUT2D eigenvalue weighted by atomic mass is 9.92. The van der Waals surface area contributed by atoms with Crippen molar-refractivity contribution >= 4 is 23.2 Å². The topological polar surface area (TPSA) is 83.2 Å². The Kier molecular flexibility index (Phi) is 7.13. The van der Waals surface area contributed by atoms with Crippen LogP contribution in [0, 0.1) is 19.7 Å². The van der Waals surface area contributed by atoms with Crippen molar-refractivity contribution in [3.05, 3.63) is 57.2 Å². The maximum atomic E-state index is 14.2. The molecule has 2 aromatic heterocycles. The van der Waals surface area contributed by atoms with Crippen molar-refractivity contribution in [1.29, 1.82) is 0 Å². The number of hydrogen-bond acceptors (Lipinski definition) is 6. The average Bonchev–Trinajstić information content (AvgIpc) is 3.41. The van der Waals surface area contributed by atoms with E-state index in [4.69, 9.17) is 16.3 Å². The summed E-state index contributed by atoms with van der Waals surface area (Å²) in [6.45, 7) is 6.87. The van der Waals surface area contributed by atoms with Gasteiger partial charge in [0.25, 0.3) is 5.91 Å². The van der Waals surface area contributed by atoms with E-state index in [9.17, 15) is 14.3 Å². The minimum atomic E-state index is -0.439. The molecule has 1 saturated carbocycles. The van der Waals surface area contributed by atoms with Gasteiger partial charge in [0.05, 0.1) is 53.0 Å². The lowest BCUT2D eigenvalue weighted by molar-refractivity contribution is 0.0677. The van der Waals surface area contributed by atoms with Crippen molar-refractivity contribution in [1.82, 2.24) is 24.4 Å². The fourth-order valence-electron chi connectivity index (χ4n) is 5.55. The van der Waals surface area contributed by atoms with Crippen molar-refractivity contribution in [3.8, 4) is 5.75 Å². The standard InChI is InChI=1S/C27H33ClFN5O3/c1-15(35)12-32(4)19-6-8-20(9-7-19)37-24-11-18(29)5-10-21(24)27(36)33-13-22-23(14-33)31-34-17(3)25(28)16(2)30-26(22)34/h5,10-11,15,19-20,35H,6-9,12-14H2,1-4H3. The van der Waals surface area contributed by atoms with E-state index in [0.29, 0.717) is 41.9 Å². The number of ether oxygens (including phenoxy) is 1. The number of rotatable bonds is 6. The predicted octanol–water partition coefficient (Wildman–Crippen LogP) is 4.30. The molecule has 3 aromatic rings. The number of aliphatic hydroxyl groups is 1. The van der Waals surface area contributed by atoms with Gasteiger partial charge in [-0.1, -0.05) is 11.6 Å². The quantitative estimate of drug-likeness (QED) is 0.513. The van der Waals surface area contributed by atoms with Crippen LogP contribution in [0.1, 0.15) is 65.6 Å². The number of benzene rings is 1. The van der Waals surface area contributed by atoms with Gasteiger partial charge < -0.3 is 19.6 Å². The first-order chi connectivity index (χ1) is 17.6. The Hall–Kier alpha value is -2.75. The van der Waals surface area contributed by atoms with Gasteiger partial charge in [-0.05, 0) is 65.6 Å². The summed E-state index contributed by atoms with van der Waals surface area (Å²) in [5.74, 6) is -0.383. The molecule has 5 rings (SSSR count). The Bertz CT molecular complexity index is 1340. The van der Waals surface area contributed by atoms with E-state index in [1.54, 1.807) is 16.3 Å². The summed E-state index contributed by atoms with van der Waals surface area (Å²) in [6.07, 6.45) is 2.98. The first kappa shape index (κ1) is 25.9. The van der Waals surface area contributed by atoms with Crippen LogP contribution in [0.15, 0.2) is 18.2 Å². The van der Waals surface area contributed by atoms with E-state index < -0.39 is 5.82 Å². The van der Waals surface area contributed by atoms with E-state index in [0.717, 1.165) is 48.3 Å². The third-order valence-electron chi connectivity index (χ3n) is 7.53. The van der Waals surface area contributed by atoms with Crippen LogP contribution >= 0.6 is 11.6 Å². The van der Waals surface area contributed by atoms with Crippen LogP contribution in [0.5, 0.6) is 5.75 Å². The molecule has 198 valence electrons. The Labute approximate surface area is 221 Å².